The summed E-state index contributed by atoms with van der Waals surface area (Å²) >= 11 is 12.4. The van der Waals surface area contributed by atoms with Crippen LogP contribution in [0.5, 0.6) is 0 Å². The van der Waals surface area contributed by atoms with Crippen LogP contribution in [0.4, 0.5) is 11.6 Å². The molecular formula is C10H7Br2ClN4. The van der Waals surface area contributed by atoms with E-state index in [0.29, 0.717) is 20.4 Å². The molecule has 0 aliphatic rings. The number of hydrogen-bond acceptors (Lipinski definition) is 4. The summed E-state index contributed by atoms with van der Waals surface area (Å²) in [7, 11) is 0. The first-order valence-corrected chi connectivity index (χ1v) is 6.61. The predicted octanol–water partition coefficient (Wildman–Crippen LogP) is 4.10. The van der Waals surface area contributed by atoms with Gasteiger partial charge in [0.05, 0.1) is 0 Å². The Balaban J connectivity index is 2.28. The summed E-state index contributed by atoms with van der Waals surface area (Å²) < 4.78 is 0.917. The van der Waals surface area contributed by atoms with Gasteiger partial charge in [-0.3, -0.25) is 0 Å². The molecule has 17 heavy (non-hydrogen) atoms. The van der Waals surface area contributed by atoms with Crippen molar-refractivity contribution in [3.05, 3.63) is 38.3 Å². The van der Waals surface area contributed by atoms with Gasteiger partial charge in [0.2, 0.25) is 15.4 Å². The van der Waals surface area contributed by atoms with Gasteiger partial charge in [-0.25, -0.2) is 0 Å². The lowest BCUT2D eigenvalue weighted by atomic mass is 10.2. The highest BCUT2D eigenvalue weighted by Crippen LogP contribution is 2.22. The molecule has 1 aromatic heterocycles. The van der Waals surface area contributed by atoms with Crippen LogP contribution < -0.4 is 5.32 Å². The van der Waals surface area contributed by atoms with E-state index in [0.717, 1.165) is 11.3 Å². The Labute approximate surface area is 120 Å². The highest BCUT2D eigenvalue weighted by molar-refractivity contribution is 9.11. The molecule has 0 aliphatic heterocycles. The van der Waals surface area contributed by atoms with Crippen molar-refractivity contribution in [1.82, 2.24) is 15.0 Å². The van der Waals surface area contributed by atoms with Crippen molar-refractivity contribution < 1.29 is 0 Å². The Morgan fingerprint density at radius 1 is 1.12 bits per heavy atom. The monoisotopic (exact) mass is 376 g/mol. The second-order valence-electron chi connectivity index (χ2n) is 3.29. The first-order chi connectivity index (χ1) is 8.04. The third-order valence-corrected chi connectivity index (χ3v) is 3.13. The fourth-order valence-corrected chi connectivity index (χ4v) is 2.27. The maximum Gasteiger partial charge on any atom is 0.232 e. The Kier molecular flexibility index (Phi) is 3.96. The van der Waals surface area contributed by atoms with Crippen LogP contribution in [0.2, 0.25) is 5.02 Å². The molecule has 0 saturated heterocycles. The van der Waals surface area contributed by atoms with Gasteiger partial charge in [0.15, 0.2) is 0 Å². The highest BCUT2D eigenvalue weighted by Gasteiger charge is 2.04. The van der Waals surface area contributed by atoms with Crippen LogP contribution in [0.1, 0.15) is 5.56 Å². The number of nitrogens with one attached hydrogen (secondary N) is 1. The maximum atomic E-state index is 6.03. The molecule has 2 rings (SSSR count). The Hall–Kier alpha value is -0.720. The van der Waals surface area contributed by atoms with Crippen molar-refractivity contribution in [2.45, 2.75) is 6.92 Å². The van der Waals surface area contributed by atoms with E-state index in [1.54, 1.807) is 0 Å². The number of nitrogens with zero attached hydrogens (tertiary/aromatic N) is 3. The second-order valence-corrected chi connectivity index (χ2v) is 5.11. The molecule has 0 fully saturated rings. The fraction of sp³-hybridized carbons (Fsp3) is 0.100. The summed E-state index contributed by atoms with van der Waals surface area (Å²) in [5.74, 6) is 0.443. The number of anilines is 2. The summed E-state index contributed by atoms with van der Waals surface area (Å²) in [4.78, 5) is 12.1. The van der Waals surface area contributed by atoms with Gasteiger partial charge >= 0.3 is 0 Å². The van der Waals surface area contributed by atoms with Crippen molar-refractivity contribution in [1.29, 1.82) is 0 Å². The number of benzene rings is 1. The van der Waals surface area contributed by atoms with E-state index in [2.05, 4.69) is 52.1 Å². The number of aromatic nitrogens is 3. The zero-order chi connectivity index (χ0) is 12.4. The third-order valence-electron chi connectivity index (χ3n) is 2.01. The topological polar surface area (TPSA) is 50.7 Å². The Morgan fingerprint density at radius 2 is 1.76 bits per heavy atom. The van der Waals surface area contributed by atoms with Crippen molar-refractivity contribution in [3.63, 3.8) is 0 Å². The van der Waals surface area contributed by atoms with Crippen molar-refractivity contribution in [2.75, 3.05) is 5.32 Å². The third kappa shape index (κ3) is 3.37. The Morgan fingerprint density at radius 3 is 2.35 bits per heavy atom. The Bertz CT molecular complexity index is 542. The molecule has 0 saturated carbocycles. The minimum atomic E-state index is 0.443. The van der Waals surface area contributed by atoms with E-state index in [-0.39, 0.29) is 0 Å². The molecule has 0 atom stereocenters. The lowest BCUT2D eigenvalue weighted by molar-refractivity contribution is 0.982. The van der Waals surface area contributed by atoms with Gasteiger partial charge in [-0.1, -0.05) is 17.7 Å². The molecule has 0 bridgehead atoms. The van der Waals surface area contributed by atoms with Crippen LogP contribution >= 0.6 is 43.5 Å². The average Bonchev–Trinajstić information content (AvgIpc) is 2.22. The molecule has 1 N–H and O–H groups in total. The number of rotatable bonds is 2. The molecule has 1 heterocycles. The van der Waals surface area contributed by atoms with E-state index in [4.69, 9.17) is 11.6 Å². The van der Waals surface area contributed by atoms with E-state index < -0.39 is 0 Å². The van der Waals surface area contributed by atoms with E-state index >= 15 is 0 Å². The first-order valence-electron chi connectivity index (χ1n) is 4.65. The average molecular weight is 378 g/mol. The van der Waals surface area contributed by atoms with Gasteiger partial charge in [-0.15, -0.1) is 0 Å². The van der Waals surface area contributed by atoms with Gasteiger partial charge in [-0.2, -0.15) is 15.0 Å². The molecule has 0 spiro atoms. The molecule has 4 nitrogen and oxygen atoms in total. The molecule has 7 heteroatoms. The standard InChI is InChI=1S/C10H7Br2ClN4/c1-5-2-3-6(4-7(5)13)14-10-16-8(11)15-9(12)17-10/h2-4H,1H3,(H,14,15,16,17). The quantitative estimate of drug-likeness (QED) is 0.855. The summed E-state index contributed by atoms with van der Waals surface area (Å²) in [6, 6.07) is 5.66. The lowest BCUT2D eigenvalue weighted by Gasteiger charge is -2.06. The van der Waals surface area contributed by atoms with Gasteiger partial charge in [0.25, 0.3) is 0 Å². The normalized spacial score (nSPS) is 10.4. The summed E-state index contributed by atoms with van der Waals surface area (Å²) in [6.45, 7) is 1.95. The molecule has 2 aromatic rings. The van der Waals surface area contributed by atoms with E-state index in [1.807, 2.05) is 25.1 Å². The maximum absolute atomic E-state index is 6.03. The highest BCUT2D eigenvalue weighted by atomic mass is 79.9. The van der Waals surface area contributed by atoms with E-state index in [9.17, 15) is 0 Å². The minimum Gasteiger partial charge on any atom is -0.324 e. The van der Waals surface area contributed by atoms with Gasteiger partial charge in [0, 0.05) is 10.7 Å². The van der Waals surface area contributed by atoms with Gasteiger partial charge < -0.3 is 5.32 Å². The predicted molar refractivity (Wildman–Crippen MR) is 74.7 cm³/mol. The largest absolute Gasteiger partial charge is 0.324 e. The summed E-state index contributed by atoms with van der Waals surface area (Å²) in [6.07, 6.45) is 0. The molecule has 1 aromatic carbocycles. The number of aryl methyl sites for hydroxylation is 1. The summed E-state index contributed by atoms with van der Waals surface area (Å²) in [5.41, 5.74) is 1.85. The van der Waals surface area contributed by atoms with Gasteiger partial charge in [0.1, 0.15) is 0 Å². The second kappa shape index (κ2) is 5.29. The first kappa shape index (κ1) is 12.7. The van der Waals surface area contributed by atoms with Crippen LogP contribution in [0, 0.1) is 6.92 Å². The smallest absolute Gasteiger partial charge is 0.232 e. The van der Waals surface area contributed by atoms with Crippen molar-refractivity contribution >= 4 is 55.1 Å². The van der Waals surface area contributed by atoms with Crippen molar-refractivity contribution in [3.8, 4) is 0 Å². The minimum absolute atomic E-state index is 0.443. The number of hydrogen-bond donors (Lipinski definition) is 1. The lowest BCUT2D eigenvalue weighted by Crippen LogP contribution is -1.99. The van der Waals surface area contributed by atoms with Crippen LogP contribution in [0.15, 0.2) is 27.7 Å². The van der Waals surface area contributed by atoms with Crippen LogP contribution in [-0.2, 0) is 0 Å². The molecule has 0 aliphatic carbocycles. The molecule has 0 amide bonds. The molecule has 0 unspecified atom stereocenters. The molecular weight excluding hydrogens is 371 g/mol. The van der Waals surface area contributed by atoms with Crippen LogP contribution in [0.3, 0.4) is 0 Å². The molecule has 0 radical (unpaired) electrons. The fourth-order valence-electron chi connectivity index (χ4n) is 1.18. The summed E-state index contributed by atoms with van der Waals surface area (Å²) in [5, 5.41) is 3.74. The number of halogens is 3. The SMILES string of the molecule is Cc1ccc(Nc2nc(Br)nc(Br)n2)cc1Cl. The molecule has 88 valence electrons. The zero-order valence-corrected chi connectivity index (χ0v) is 12.6. The van der Waals surface area contributed by atoms with E-state index in [1.165, 1.54) is 0 Å². The van der Waals surface area contributed by atoms with Crippen LogP contribution in [-0.4, -0.2) is 15.0 Å². The zero-order valence-electron chi connectivity index (χ0n) is 8.71. The van der Waals surface area contributed by atoms with Crippen LogP contribution in [0.25, 0.3) is 0 Å². The van der Waals surface area contributed by atoms with Gasteiger partial charge in [-0.05, 0) is 56.5 Å². The van der Waals surface area contributed by atoms with Crippen molar-refractivity contribution in [2.24, 2.45) is 0 Å².